The van der Waals surface area contributed by atoms with Crippen molar-refractivity contribution >= 4 is 11.9 Å². The van der Waals surface area contributed by atoms with Gasteiger partial charge < -0.3 is 9.84 Å². The molecule has 1 N–H and O–H groups in total. The normalized spacial score (nSPS) is 13.0. The van der Waals surface area contributed by atoms with Crippen LogP contribution < -0.4 is 0 Å². The fourth-order valence-electron chi connectivity index (χ4n) is 5.56. The SMILES string of the molecule is CC/C=C\C/C=C\C/C=C\C/C=C\C/C=C\C/C=C\CCC(=O)OC(CCCCCCCCC)CCCCCCCCCCCC(=O)O. The van der Waals surface area contributed by atoms with Crippen LogP contribution >= 0.6 is 0 Å². The van der Waals surface area contributed by atoms with Crippen molar-refractivity contribution in [2.75, 3.05) is 0 Å². The lowest BCUT2D eigenvalue weighted by Crippen LogP contribution is -2.18. The first-order valence-corrected chi connectivity index (χ1v) is 19.9. The standard InChI is InChI=1S/C44H74O4/c1-3-5-7-9-11-12-13-14-15-16-17-18-19-20-21-25-29-33-37-41-44(47)48-42(38-34-30-26-10-8-6-4-2)39-35-31-27-23-22-24-28-32-36-40-43(45)46/h5,7,11-12,14-15,17-18,20-21,29,33,42H,3-4,6,8-10,13,16,19,22-28,30-32,34-41H2,1-2H3,(H,45,46)/b7-5-,12-11-,15-14-,18-17-,21-20-,33-29-. The molecule has 0 radical (unpaired) electrons. The highest BCUT2D eigenvalue weighted by atomic mass is 16.5. The van der Waals surface area contributed by atoms with Gasteiger partial charge in [0.05, 0.1) is 0 Å². The lowest BCUT2D eigenvalue weighted by atomic mass is 10.0. The second-order valence-electron chi connectivity index (χ2n) is 13.1. The number of rotatable bonds is 35. The molecule has 0 aromatic rings. The third kappa shape index (κ3) is 37.8. The number of carboxylic acid groups (broad SMARTS) is 1. The zero-order valence-corrected chi connectivity index (χ0v) is 31.3. The van der Waals surface area contributed by atoms with Gasteiger partial charge in [-0.2, -0.15) is 0 Å². The summed E-state index contributed by atoms with van der Waals surface area (Å²) >= 11 is 0. The van der Waals surface area contributed by atoms with Crippen LogP contribution in [0.1, 0.15) is 187 Å². The van der Waals surface area contributed by atoms with E-state index in [9.17, 15) is 9.59 Å². The summed E-state index contributed by atoms with van der Waals surface area (Å²) in [6.07, 6.45) is 55.0. The summed E-state index contributed by atoms with van der Waals surface area (Å²) in [5.74, 6) is -0.735. The van der Waals surface area contributed by atoms with E-state index in [0.29, 0.717) is 12.8 Å². The summed E-state index contributed by atoms with van der Waals surface area (Å²) < 4.78 is 5.99. The number of allylic oxidation sites excluding steroid dienone is 12. The van der Waals surface area contributed by atoms with Crippen molar-refractivity contribution in [2.45, 2.75) is 193 Å². The number of carboxylic acids is 1. The van der Waals surface area contributed by atoms with E-state index in [1.165, 1.54) is 70.6 Å². The number of carbonyl (C=O) groups is 2. The van der Waals surface area contributed by atoms with Crippen LogP contribution in [-0.2, 0) is 14.3 Å². The first kappa shape index (κ1) is 45.4. The van der Waals surface area contributed by atoms with Gasteiger partial charge in [0.1, 0.15) is 6.10 Å². The predicted octanol–water partition coefficient (Wildman–Crippen LogP) is 13.9. The molecule has 274 valence electrons. The molecule has 0 saturated heterocycles. The van der Waals surface area contributed by atoms with Gasteiger partial charge in [-0.05, 0) is 77.0 Å². The Morgan fingerprint density at radius 3 is 1.27 bits per heavy atom. The van der Waals surface area contributed by atoms with Gasteiger partial charge in [0.15, 0.2) is 0 Å². The van der Waals surface area contributed by atoms with Crippen LogP contribution in [0.2, 0.25) is 0 Å². The number of aliphatic carboxylic acids is 1. The summed E-state index contributed by atoms with van der Waals surface area (Å²) in [7, 11) is 0. The maximum Gasteiger partial charge on any atom is 0.306 e. The minimum atomic E-state index is -0.684. The second-order valence-corrected chi connectivity index (χ2v) is 13.1. The molecule has 0 bridgehead atoms. The van der Waals surface area contributed by atoms with Crippen molar-refractivity contribution in [3.8, 4) is 0 Å². The van der Waals surface area contributed by atoms with Crippen LogP contribution in [0.15, 0.2) is 72.9 Å². The molecule has 4 nitrogen and oxygen atoms in total. The van der Waals surface area contributed by atoms with E-state index < -0.39 is 5.97 Å². The van der Waals surface area contributed by atoms with Gasteiger partial charge in [0.2, 0.25) is 0 Å². The summed E-state index contributed by atoms with van der Waals surface area (Å²) in [6, 6.07) is 0. The molecule has 1 unspecified atom stereocenters. The van der Waals surface area contributed by atoms with Gasteiger partial charge in [-0.3, -0.25) is 9.59 Å². The van der Waals surface area contributed by atoms with Crippen molar-refractivity contribution in [3.05, 3.63) is 72.9 Å². The van der Waals surface area contributed by atoms with Crippen LogP contribution in [0.25, 0.3) is 0 Å². The van der Waals surface area contributed by atoms with Gasteiger partial charge in [0.25, 0.3) is 0 Å². The molecule has 0 aliphatic rings. The monoisotopic (exact) mass is 667 g/mol. The zero-order valence-electron chi connectivity index (χ0n) is 31.3. The minimum absolute atomic E-state index is 0.0506. The van der Waals surface area contributed by atoms with Crippen LogP contribution in [-0.4, -0.2) is 23.1 Å². The lowest BCUT2D eigenvalue weighted by molar-refractivity contribution is -0.149. The molecule has 0 spiro atoms. The molecular weight excluding hydrogens is 592 g/mol. The fraction of sp³-hybridized carbons (Fsp3) is 0.682. The van der Waals surface area contributed by atoms with Gasteiger partial charge in [-0.15, -0.1) is 0 Å². The van der Waals surface area contributed by atoms with Crippen LogP contribution in [0.4, 0.5) is 0 Å². The molecule has 0 amide bonds. The third-order valence-electron chi connectivity index (χ3n) is 8.46. The Labute approximate surface area is 297 Å². The maximum atomic E-state index is 12.6. The van der Waals surface area contributed by atoms with Crippen molar-refractivity contribution in [2.24, 2.45) is 0 Å². The van der Waals surface area contributed by atoms with E-state index in [0.717, 1.165) is 89.9 Å². The number of ether oxygens (including phenoxy) is 1. The smallest absolute Gasteiger partial charge is 0.306 e. The maximum absolute atomic E-state index is 12.6. The van der Waals surface area contributed by atoms with Crippen molar-refractivity contribution in [1.29, 1.82) is 0 Å². The lowest BCUT2D eigenvalue weighted by Gasteiger charge is -2.18. The summed E-state index contributed by atoms with van der Waals surface area (Å²) in [5, 5.41) is 8.73. The minimum Gasteiger partial charge on any atom is -0.481 e. The number of hydrogen-bond donors (Lipinski definition) is 1. The van der Waals surface area contributed by atoms with Gasteiger partial charge in [-0.25, -0.2) is 0 Å². The Morgan fingerprint density at radius 2 is 0.854 bits per heavy atom. The third-order valence-corrected chi connectivity index (χ3v) is 8.46. The first-order valence-electron chi connectivity index (χ1n) is 19.9. The van der Waals surface area contributed by atoms with E-state index in [2.05, 4.69) is 86.8 Å². The van der Waals surface area contributed by atoms with Crippen molar-refractivity contribution in [1.82, 2.24) is 0 Å². The largest absolute Gasteiger partial charge is 0.481 e. The Bertz CT molecular complexity index is 892. The number of esters is 1. The molecule has 1 atom stereocenters. The Kier molecular flexibility index (Phi) is 36.7. The molecule has 4 heteroatoms. The topological polar surface area (TPSA) is 63.6 Å². The summed E-state index contributed by atoms with van der Waals surface area (Å²) in [6.45, 7) is 4.41. The number of carbonyl (C=O) groups excluding carboxylic acids is 1. The quantitative estimate of drug-likeness (QED) is 0.0415. The highest BCUT2D eigenvalue weighted by molar-refractivity contribution is 5.69. The van der Waals surface area contributed by atoms with Crippen LogP contribution in [0.5, 0.6) is 0 Å². The van der Waals surface area contributed by atoms with Crippen LogP contribution in [0.3, 0.4) is 0 Å². The van der Waals surface area contributed by atoms with Crippen molar-refractivity contribution < 1.29 is 19.4 Å². The van der Waals surface area contributed by atoms with Crippen LogP contribution in [0, 0.1) is 0 Å². The van der Waals surface area contributed by atoms with Crippen molar-refractivity contribution in [3.63, 3.8) is 0 Å². The van der Waals surface area contributed by atoms with E-state index >= 15 is 0 Å². The van der Waals surface area contributed by atoms with E-state index in [-0.39, 0.29) is 12.1 Å². The van der Waals surface area contributed by atoms with E-state index in [1.54, 1.807) is 0 Å². The molecule has 48 heavy (non-hydrogen) atoms. The molecule has 0 rings (SSSR count). The molecule has 0 aromatic heterocycles. The molecule has 0 saturated carbocycles. The molecule has 0 aliphatic carbocycles. The highest BCUT2D eigenvalue weighted by Gasteiger charge is 2.14. The molecule has 0 fully saturated rings. The number of hydrogen-bond acceptors (Lipinski definition) is 3. The fourth-order valence-corrected chi connectivity index (χ4v) is 5.56. The average Bonchev–Trinajstić information content (AvgIpc) is 3.07. The molecular formula is C44H74O4. The summed E-state index contributed by atoms with van der Waals surface area (Å²) in [4.78, 5) is 23.2. The predicted molar refractivity (Wildman–Crippen MR) is 208 cm³/mol. The summed E-state index contributed by atoms with van der Waals surface area (Å²) in [5.41, 5.74) is 0. The Hall–Kier alpha value is -2.62. The molecule has 0 aromatic carbocycles. The zero-order chi connectivity index (χ0) is 35.0. The average molecular weight is 667 g/mol. The van der Waals surface area contributed by atoms with Gasteiger partial charge in [0, 0.05) is 12.8 Å². The van der Waals surface area contributed by atoms with E-state index in [4.69, 9.17) is 9.84 Å². The molecule has 0 heterocycles. The Balaban J connectivity index is 4.15. The first-order chi connectivity index (χ1) is 23.6. The van der Waals surface area contributed by atoms with E-state index in [1.807, 2.05) is 0 Å². The molecule has 0 aliphatic heterocycles. The number of unbranched alkanes of at least 4 members (excludes halogenated alkanes) is 14. The van der Waals surface area contributed by atoms with Gasteiger partial charge >= 0.3 is 11.9 Å². The van der Waals surface area contributed by atoms with Gasteiger partial charge in [-0.1, -0.05) is 170 Å². The second kappa shape index (κ2) is 38.8. The Morgan fingerprint density at radius 1 is 0.479 bits per heavy atom. The highest BCUT2D eigenvalue weighted by Crippen LogP contribution is 2.18.